The second-order valence-corrected chi connectivity index (χ2v) is 7.53. The summed E-state index contributed by atoms with van der Waals surface area (Å²) in [6.45, 7) is 2.04. The maximum atomic E-state index is 6.04. The van der Waals surface area contributed by atoms with E-state index in [9.17, 15) is 0 Å². The molecule has 0 unspecified atom stereocenters. The molecule has 0 bridgehead atoms. The van der Waals surface area contributed by atoms with Crippen LogP contribution in [0.4, 0.5) is 11.6 Å². The van der Waals surface area contributed by atoms with E-state index >= 15 is 0 Å². The number of rotatable bonds is 7. The Morgan fingerprint density at radius 1 is 0.882 bits per heavy atom. The fourth-order valence-corrected chi connectivity index (χ4v) is 3.53. The van der Waals surface area contributed by atoms with E-state index in [1.165, 1.54) is 6.33 Å². The molecular weight excluding hydrogens is 432 g/mol. The van der Waals surface area contributed by atoms with Crippen LogP contribution in [0.15, 0.2) is 67.0 Å². The number of fused-ring (bicyclic) bond motifs is 1. The van der Waals surface area contributed by atoms with Crippen LogP contribution >= 0.6 is 0 Å². The first kappa shape index (κ1) is 21.2. The molecule has 2 N–H and O–H groups in total. The zero-order chi connectivity index (χ0) is 23.5. The molecular formula is C25H22N6O3. The van der Waals surface area contributed by atoms with Crippen LogP contribution in [0.5, 0.6) is 23.1 Å². The maximum Gasteiger partial charge on any atom is 0.246 e. The number of benzene rings is 3. The van der Waals surface area contributed by atoms with Gasteiger partial charge in [0.15, 0.2) is 17.3 Å². The Labute approximate surface area is 195 Å². The van der Waals surface area contributed by atoms with E-state index in [2.05, 4.69) is 30.5 Å². The molecule has 0 fully saturated rings. The highest BCUT2D eigenvalue weighted by atomic mass is 16.5. The van der Waals surface area contributed by atoms with E-state index in [1.807, 2.05) is 55.5 Å². The number of hydrogen-bond donors (Lipinski definition) is 2. The van der Waals surface area contributed by atoms with Crippen molar-refractivity contribution >= 4 is 22.5 Å². The summed E-state index contributed by atoms with van der Waals surface area (Å²) in [5.41, 5.74) is 3.65. The summed E-state index contributed by atoms with van der Waals surface area (Å²) < 4.78 is 16.8. The summed E-state index contributed by atoms with van der Waals surface area (Å²) >= 11 is 0. The van der Waals surface area contributed by atoms with Gasteiger partial charge in [-0.25, -0.2) is 9.97 Å². The van der Waals surface area contributed by atoms with Gasteiger partial charge in [-0.05, 0) is 55.0 Å². The molecule has 0 saturated carbocycles. The second kappa shape index (κ2) is 9.07. The van der Waals surface area contributed by atoms with E-state index in [0.717, 1.165) is 16.8 Å². The van der Waals surface area contributed by atoms with Crippen LogP contribution in [0, 0.1) is 6.92 Å². The van der Waals surface area contributed by atoms with Crippen molar-refractivity contribution < 1.29 is 14.2 Å². The van der Waals surface area contributed by atoms with Crippen molar-refractivity contribution in [3.63, 3.8) is 0 Å². The number of anilines is 2. The van der Waals surface area contributed by atoms with Gasteiger partial charge in [0.1, 0.15) is 12.1 Å². The molecule has 3 aromatic carbocycles. The average Bonchev–Trinajstić information content (AvgIpc) is 3.32. The zero-order valence-corrected chi connectivity index (χ0v) is 18.9. The van der Waals surface area contributed by atoms with Crippen LogP contribution in [-0.2, 0) is 0 Å². The van der Waals surface area contributed by atoms with E-state index in [1.54, 1.807) is 26.4 Å². The molecule has 0 aliphatic heterocycles. The highest BCUT2D eigenvalue weighted by Gasteiger charge is 2.13. The molecule has 9 nitrogen and oxygen atoms in total. The number of hydrogen-bond acceptors (Lipinski definition) is 8. The van der Waals surface area contributed by atoms with Crippen LogP contribution in [0.25, 0.3) is 22.3 Å². The Balaban J connectivity index is 1.35. The van der Waals surface area contributed by atoms with Gasteiger partial charge >= 0.3 is 0 Å². The van der Waals surface area contributed by atoms with Crippen LogP contribution < -0.4 is 19.5 Å². The molecule has 0 spiro atoms. The van der Waals surface area contributed by atoms with Gasteiger partial charge < -0.3 is 19.5 Å². The molecule has 0 aliphatic carbocycles. The Kier molecular flexibility index (Phi) is 5.65. The lowest BCUT2D eigenvalue weighted by atomic mass is 10.2. The number of nitrogens with one attached hydrogen (secondary N) is 2. The molecule has 9 heteroatoms. The van der Waals surface area contributed by atoms with E-state index in [4.69, 9.17) is 14.2 Å². The Morgan fingerprint density at radius 3 is 2.44 bits per heavy atom. The van der Waals surface area contributed by atoms with Gasteiger partial charge in [-0.3, -0.25) is 5.10 Å². The number of H-pyrrole nitrogens is 1. The van der Waals surface area contributed by atoms with Crippen molar-refractivity contribution in [1.82, 2.24) is 25.1 Å². The van der Waals surface area contributed by atoms with Gasteiger partial charge in [-0.2, -0.15) is 4.98 Å². The minimum Gasteiger partial charge on any atom is -0.493 e. The molecule has 0 radical (unpaired) electrons. The zero-order valence-electron chi connectivity index (χ0n) is 18.9. The van der Waals surface area contributed by atoms with Gasteiger partial charge in [-0.1, -0.05) is 12.1 Å². The Morgan fingerprint density at radius 2 is 1.68 bits per heavy atom. The van der Waals surface area contributed by atoms with Gasteiger partial charge in [0, 0.05) is 17.3 Å². The fraction of sp³-hybridized carbons (Fsp3) is 0.120. The van der Waals surface area contributed by atoms with Crippen molar-refractivity contribution in [2.45, 2.75) is 6.92 Å². The van der Waals surface area contributed by atoms with Crippen LogP contribution in [-0.4, -0.2) is 39.4 Å². The van der Waals surface area contributed by atoms with Crippen LogP contribution in [0.2, 0.25) is 0 Å². The Hall–Kier alpha value is -4.66. The molecule has 5 aromatic rings. The fourth-order valence-electron chi connectivity index (χ4n) is 3.53. The topological polar surface area (TPSA) is 107 Å². The second-order valence-electron chi connectivity index (χ2n) is 7.53. The van der Waals surface area contributed by atoms with Gasteiger partial charge in [0.25, 0.3) is 0 Å². The lowest BCUT2D eigenvalue weighted by Crippen LogP contribution is -1.95. The number of aryl methyl sites for hydroxylation is 1. The molecule has 0 amide bonds. The lowest BCUT2D eigenvalue weighted by Gasteiger charge is -2.11. The number of aromatic nitrogens is 5. The normalized spacial score (nSPS) is 10.8. The van der Waals surface area contributed by atoms with Gasteiger partial charge in [0.05, 0.1) is 25.1 Å². The molecule has 0 atom stereocenters. The maximum absolute atomic E-state index is 6.04. The van der Waals surface area contributed by atoms with Crippen molar-refractivity contribution in [2.24, 2.45) is 0 Å². The highest BCUT2D eigenvalue weighted by Crippen LogP contribution is 2.36. The van der Waals surface area contributed by atoms with E-state index < -0.39 is 0 Å². The summed E-state index contributed by atoms with van der Waals surface area (Å²) in [5, 5.41) is 11.1. The molecule has 170 valence electrons. The summed E-state index contributed by atoms with van der Waals surface area (Å²) in [5.74, 6) is 3.35. The lowest BCUT2D eigenvalue weighted by molar-refractivity contribution is 0.355. The predicted octanol–water partition coefficient (Wildman–Crippen LogP) is 5.28. The first-order valence-electron chi connectivity index (χ1n) is 10.5. The number of nitrogens with zero attached hydrogens (tertiary/aromatic N) is 4. The van der Waals surface area contributed by atoms with Crippen molar-refractivity contribution in [1.29, 1.82) is 0 Å². The number of methoxy groups -OCH3 is 2. The number of ether oxygens (including phenoxy) is 3. The van der Waals surface area contributed by atoms with Crippen LogP contribution in [0.3, 0.4) is 0 Å². The first-order valence-corrected chi connectivity index (χ1v) is 10.5. The monoisotopic (exact) mass is 454 g/mol. The van der Waals surface area contributed by atoms with Gasteiger partial charge in [0.2, 0.25) is 11.8 Å². The smallest absolute Gasteiger partial charge is 0.246 e. The van der Waals surface area contributed by atoms with Gasteiger partial charge in [-0.15, -0.1) is 5.10 Å². The molecule has 2 heterocycles. The van der Waals surface area contributed by atoms with E-state index in [-0.39, 0.29) is 0 Å². The minimum absolute atomic E-state index is 0.419. The molecule has 0 aliphatic rings. The van der Waals surface area contributed by atoms with Crippen molar-refractivity contribution in [3.05, 3.63) is 72.6 Å². The van der Waals surface area contributed by atoms with Crippen LogP contribution in [0.1, 0.15) is 5.56 Å². The largest absolute Gasteiger partial charge is 0.493 e. The third-order valence-electron chi connectivity index (χ3n) is 5.21. The number of aromatic amines is 1. The average molecular weight is 454 g/mol. The SMILES string of the molecule is COc1cc2ncnc(Oc3ccc(-c4nc(Nc5cccc(C)c5)n[nH]4)cc3)c2cc1OC. The molecule has 5 rings (SSSR count). The van der Waals surface area contributed by atoms with Crippen molar-refractivity contribution in [3.8, 4) is 34.5 Å². The summed E-state index contributed by atoms with van der Waals surface area (Å²) in [4.78, 5) is 13.1. The molecule has 0 saturated heterocycles. The van der Waals surface area contributed by atoms with Crippen molar-refractivity contribution in [2.75, 3.05) is 19.5 Å². The Bertz CT molecular complexity index is 1450. The quantitative estimate of drug-likeness (QED) is 0.342. The molecule has 34 heavy (non-hydrogen) atoms. The first-order chi connectivity index (χ1) is 16.6. The molecule has 2 aromatic heterocycles. The minimum atomic E-state index is 0.419. The predicted molar refractivity (Wildman–Crippen MR) is 129 cm³/mol. The standard InChI is InChI=1S/C25H22N6O3/c1-15-5-4-6-17(11-15)28-25-29-23(30-31-25)16-7-9-18(10-8-16)34-24-19-12-21(32-2)22(33-3)13-20(19)26-14-27-24/h4-14H,1-3H3,(H2,28,29,30,31). The third-order valence-corrected chi connectivity index (χ3v) is 5.21. The van der Waals surface area contributed by atoms with E-state index in [0.29, 0.717) is 45.8 Å². The summed E-state index contributed by atoms with van der Waals surface area (Å²) in [6, 6.07) is 19.1. The summed E-state index contributed by atoms with van der Waals surface area (Å²) in [7, 11) is 3.16. The summed E-state index contributed by atoms with van der Waals surface area (Å²) in [6.07, 6.45) is 1.45. The highest BCUT2D eigenvalue weighted by molar-refractivity contribution is 5.87. The third kappa shape index (κ3) is 4.31.